The van der Waals surface area contributed by atoms with Gasteiger partial charge in [0.25, 0.3) is 0 Å². The number of alkyl halides is 1. The normalized spacial score (nSPS) is 30.2. The van der Waals surface area contributed by atoms with E-state index >= 15 is 0 Å². The number of nitrogens with one attached hydrogen (secondary N) is 1. The minimum absolute atomic E-state index is 0.0371. The Labute approximate surface area is 142 Å². The second-order valence-corrected chi connectivity index (χ2v) is 5.63. The van der Waals surface area contributed by atoms with Crippen LogP contribution in [0.4, 0.5) is 0 Å². The number of nitrogens with two attached hydrogens (primary N) is 2. The highest BCUT2D eigenvalue weighted by atomic mass is 35.5. The zero-order chi connectivity index (χ0) is 17.7. The van der Waals surface area contributed by atoms with Gasteiger partial charge in [0.1, 0.15) is 36.6 Å². The highest BCUT2D eigenvalue weighted by Crippen LogP contribution is 2.30. The van der Waals surface area contributed by atoms with E-state index in [0.717, 1.165) is 0 Å². The van der Waals surface area contributed by atoms with Gasteiger partial charge in [0.05, 0.1) is 19.4 Å². The molecule has 1 aromatic rings. The summed E-state index contributed by atoms with van der Waals surface area (Å²) in [4.78, 5) is 2.69. The Bertz CT molecular complexity index is 554. The molecule has 1 fully saturated rings. The molecule has 24 heavy (non-hydrogen) atoms. The van der Waals surface area contributed by atoms with Gasteiger partial charge in [-0.3, -0.25) is 16.5 Å². The standard InChI is InChI=1S/C12H21ClN6O5/c13-1-2-23-11-8(10(22)9(21)7(5-20)24-11)19-4-6(17-18-19)3-16-12(14)15/h4,7-11,20-22H,1-3,5H2,(H4,14,15,16)/p+1/t7?,8?,9-,10-,11+/m1/s1. The fourth-order valence-corrected chi connectivity index (χ4v) is 2.47. The smallest absolute Gasteiger partial charge is 0.339 e. The fourth-order valence-electron chi connectivity index (χ4n) is 2.38. The van der Waals surface area contributed by atoms with Crippen LogP contribution in [-0.4, -0.2) is 80.0 Å². The van der Waals surface area contributed by atoms with Crippen LogP contribution in [0.25, 0.3) is 0 Å². The van der Waals surface area contributed by atoms with E-state index in [1.54, 1.807) is 0 Å². The van der Waals surface area contributed by atoms with E-state index in [9.17, 15) is 15.3 Å². The van der Waals surface area contributed by atoms with Crippen LogP contribution in [0.2, 0.25) is 0 Å². The lowest BCUT2D eigenvalue weighted by Gasteiger charge is -2.41. The average Bonchev–Trinajstić information content (AvgIpc) is 3.02. The van der Waals surface area contributed by atoms with Crippen LogP contribution in [0.5, 0.6) is 0 Å². The van der Waals surface area contributed by atoms with Crippen LogP contribution < -0.4 is 16.5 Å². The molecule has 0 spiro atoms. The monoisotopic (exact) mass is 365 g/mol. The van der Waals surface area contributed by atoms with Crippen LogP contribution in [0.15, 0.2) is 6.20 Å². The largest absolute Gasteiger partial charge is 0.394 e. The van der Waals surface area contributed by atoms with Gasteiger partial charge in [-0.1, -0.05) is 5.21 Å². The van der Waals surface area contributed by atoms with Gasteiger partial charge >= 0.3 is 5.96 Å². The Morgan fingerprint density at radius 2 is 2.17 bits per heavy atom. The molecule has 1 aliphatic heterocycles. The first-order chi connectivity index (χ1) is 11.5. The molecular weight excluding hydrogens is 344 g/mol. The summed E-state index contributed by atoms with van der Waals surface area (Å²) in [6, 6.07) is -0.869. The molecule has 1 aliphatic rings. The van der Waals surface area contributed by atoms with Crippen LogP contribution in [0.3, 0.4) is 0 Å². The Hall–Kier alpha value is -1.50. The summed E-state index contributed by atoms with van der Waals surface area (Å²) in [5, 5.41) is 37.6. The summed E-state index contributed by atoms with van der Waals surface area (Å²) >= 11 is 5.61. The van der Waals surface area contributed by atoms with Crippen molar-refractivity contribution in [1.29, 1.82) is 0 Å². The molecule has 8 N–H and O–H groups in total. The van der Waals surface area contributed by atoms with Crippen molar-refractivity contribution in [2.45, 2.75) is 37.2 Å². The predicted octanol–water partition coefficient (Wildman–Crippen LogP) is -4.63. The molecule has 2 heterocycles. The molecule has 5 atom stereocenters. The Kier molecular flexibility index (Phi) is 6.71. The molecule has 0 saturated carbocycles. The van der Waals surface area contributed by atoms with Gasteiger partial charge in [-0.2, -0.15) is 0 Å². The third-order valence-corrected chi connectivity index (χ3v) is 3.70. The van der Waals surface area contributed by atoms with Crippen molar-refractivity contribution in [3.05, 3.63) is 11.9 Å². The SMILES string of the molecule is NC(N)=[NH+]Cc1cn(C2[C@@H](OCCCl)OC(CO)[C@@H](O)[C@@H]2O)nn1. The second kappa shape index (κ2) is 8.55. The van der Waals surface area contributed by atoms with Gasteiger partial charge in [0.15, 0.2) is 6.29 Å². The third-order valence-electron chi connectivity index (χ3n) is 3.54. The maximum Gasteiger partial charge on any atom is 0.339 e. The minimum Gasteiger partial charge on any atom is -0.394 e. The van der Waals surface area contributed by atoms with Crippen molar-refractivity contribution in [1.82, 2.24) is 15.0 Å². The van der Waals surface area contributed by atoms with Crippen molar-refractivity contribution in [3.63, 3.8) is 0 Å². The molecule has 11 nitrogen and oxygen atoms in total. The molecule has 12 heteroatoms. The van der Waals surface area contributed by atoms with Gasteiger partial charge < -0.3 is 24.8 Å². The van der Waals surface area contributed by atoms with Crippen LogP contribution in [0.1, 0.15) is 11.7 Å². The summed E-state index contributed by atoms with van der Waals surface area (Å²) in [7, 11) is 0. The number of aromatic nitrogens is 3. The Morgan fingerprint density at radius 3 is 2.79 bits per heavy atom. The molecule has 0 bridgehead atoms. The number of hydrogen-bond donors (Lipinski definition) is 6. The quantitative estimate of drug-likeness (QED) is 0.157. The topological polar surface area (TPSA) is 176 Å². The summed E-state index contributed by atoms with van der Waals surface area (Å²) in [6.07, 6.45) is -3.00. The van der Waals surface area contributed by atoms with Gasteiger partial charge in [-0.25, -0.2) is 4.68 Å². The van der Waals surface area contributed by atoms with Crippen molar-refractivity contribution >= 4 is 17.6 Å². The highest BCUT2D eigenvalue weighted by Gasteiger charge is 2.46. The number of rotatable bonds is 7. The number of aliphatic hydroxyl groups excluding tert-OH is 3. The van der Waals surface area contributed by atoms with Gasteiger partial charge in [0, 0.05) is 5.88 Å². The van der Waals surface area contributed by atoms with Crippen LogP contribution in [-0.2, 0) is 16.0 Å². The number of ether oxygens (including phenoxy) is 2. The third kappa shape index (κ3) is 4.32. The number of guanidine groups is 1. The lowest BCUT2D eigenvalue weighted by molar-refractivity contribution is -0.478. The first kappa shape index (κ1) is 18.8. The molecule has 2 unspecified atom stereocenters. The van der Waals surface area contributed by atoms with E-state index in [1.807, 2.05) is 0 Å². The molecule has 0 amide bonds. The van der Waals surface area contributed by atoms with Crippen LogP contribution >= 0.6 is 11.6 Å². The second-order valence-electron chi connectivity index (χ2n) is 5.26. The van der Waals surface area contributed by atoms with Crippen molar-refractivity contribution in [2.24, 2.45) is 11.5 Å². The van der Waals surface area contributed by atoms with Crippen LogP contribution in [0, 0.1) is 0 Å². The molecular formula is C12H22ClN6O5+. The maximum atomic E-state index is 10.4. The highest BCUT2D eigenvalue weighted by molar-refractivity contribution is 6.17. The lowest BCUT2D eigenvalue weighted by atomic mass is 9.97. The summed E-state index contributed by atoms with van der Waals surface area (Å²) in [6.45, 7) is -0.0731. The van der Waals surface area contributed by atoms with Gasteiger partial charge in [-0.15, -0.1) is 16.7 Å². The number of hydrogen-bond acceptors (Lipinski definition) is 7. The van der Waals surface area contributed by atoms with E-state index in [4.69, 9.17) is 32.5 Å². The predicted molar refractivity (Wildman–Crippen MR) is 81.5 cm³/mol. The molecule has 0 aromatic carbocycles. The van der Waals surface area contributed by atoms with E-state index in [1.165, 1.54) is 10.9 Å². The lowest BCUT2D eigenvalue weighted by Crippen LogP contribution is -2.76. The Morgan fingerprint density at radius 1 is 1.42 bits per heavy atom. The van der Waals surface area contributed by atoms with Gasteiger partial charge in [0.2, 0.25) is 0 Å². The van der Waals surface area contributed by atoms with Crippen molar-refractivity contribution in [2.75, 3.05) is 19.1 Å². The maximum absolute atomic E-state index is 10.4. The summed E-state index contributed by atoms with van der Waals surface area (Å²) in [5.41, 5.74) is 11.1. The first-order valence-corrected chi connectivity index (χ1v) is 7.83. The molecule has 2 rings (SSSR count). The number of aliphatic hydroxyl groups is 3. The summed E-state index contributed by atoms with van der Waals surface area (Å²) < 4.78 is 12.3. The zero-order valence-electron chi connectivity index (χ0n) is 12.8. The molecule has 1 aromatic heterocycles. The van der Waals surface area contributed by atoms with E-state index in [2.05, 4.69) is 15.3 Å². The molecule has 0 aliphatic carbocycles. The average molecular weight is 366 g/mol. The number of nitrogens with zero attached hydrogens (tertiary/aromatic N) is 3. The van der Waals surface area contributed by atoms with Crippen molar-refractivity contribution < 1.29 is 29.8 Å². The van der Waals surface area contributed by atoms with Gasteiger partial charge in [-0.05, 0) is 0 Å². The molecule has 0 radical (unpaired) electrons. The minimum atomic E-state index is -1.31. The van der Waals surface area contributed by atoms with E-state index in [-0.39, 0.29) is 25.0 Å². The fraction of sp³-hybridized carbons (Fsp3) is 0.750. The van der Waals surface area contributed by atoms with E-state index in [0.29, 0.717) is 5.69 Å². The molecule has 136 valence electrons. The summed E-state index contributed by atoms with van der Waals surface area (Å²) in [5.74, 6) is 0.253. The van der Waals surface area contributed by atoms with E-state index < -0.39 is 37.3 Å². The zero-order valence-corrected chi connectivity index (χ0v) is 13.6. The Balaban J connectivity index is 2.21. The number of halogens is 1. The van der Waals surface area contributed by atoms with Crippen molar-refractivity contribution in [3.8, 4) is 0 Å². The molecule has 1 saturated heterocycles. The first-order valence-electron chi connectivity index (χ1n) is 7.30.